The Morgan fingerprint density at radius 1 is 1.15 bits per heavy atom. The van der Waals surface area contributed by atoms with Crippen LogP contribution in [0.1, 0.15) is 16.7 Å². The zero-order valence-electron chi connectivity index (χ0n) is 11.3. The van der Waals surface area contributed by atoms with Gasteiger partial charge in [0.25, 0.3) is 5.69 Å². The number of halogens is 1. The number of nitro groups is 1. The maximum atomic E-state index is 10.8. The van der Waals surface area contributed by atoms with Gasteiger partial charge in [-0.15, -0.1) is 0 Å². The number of nitro benzene ring substituents is 1. The van der Waals surface area contributed by atoms with Gasteiger partial charge in [0.05, 0.1) is 4.92 Å². The standard InChI is InChI=1S/C15H15ClN2O2/c1-10-3-4-12(8-14(10)16)9-17-13-5-6-15(18(19)20)11(2)7-13/h3-8,17H,9H2,1-2H3. The maximum absolute atomic E-state index is 10.8. The van der Waals surface area contributed by atoms with Crippen molar-refractivity contribution in [1.82, 2.24) is 0 Å². The molecule has 0 aromatic heterocycles. The van der Waals surface area contributed by atoms with E-state index in [0.29, 0.717) is 12.1 Å². The molecule has 2 rings (SSSR count). The van der Waals surface area contributed by atoms with Gasteiger partial charge in [0.2, 0.25) is 0 Å². The third-order valence-electron chi connectivity index (χ3n) is 3.13. The van der Waals surface area contributed by atoms with Gasteiger partial charge in [-0.3, -0.25) is 10.1 Å². The molecule has 0 atom stereocenters. The summed E-state index contributed by atoms with van der Waals surface area (Å²) in [5.74, 6) is 0. The Morgan fingerprint density at radius 2 is 1.90 bits per heavy atom. The van der Waals surface area contributed by atoms with Gasteiger partial charge in [-0.05, 0) is 43.2 Å². The lowest BCUT2D eigenvalue weighted by atomic mass is 10.1. The molecule has 1 N–H and O–H groups in total. The average Bonchev–Trinajstić information content (AvgIpc) is 2.40. The lowest BCUT2D eigenvalue weighted by molar-refractivity contribution is -0.385. The van der Waals surface area contributed by atoms with Crippen LogP contribution in [0.3, 0.4) is 0 Å². The summed E-state index contributed by atoms with van der Waals surface area (Å²) in [4.78, 5) is 10.4. The lowest BCUT2D eigenvalue weighted by Crippen LogP contribution is -2.00. The van der Waals surface area contributed by atoms with Crippen molar-refractivity contribution in [3.05, 3.63) is 68.2 Å². The minimum Gasteiger partial charge on any atom is -0.381 e. The summed E-state index contributed by atoms with van der Waals surface area (Å²) in [5.41, 5.74) is 3.74. The largest absolute Gasteiger partial charge is 0.381 e. The van der Waals surface area contributed by atoms with Gasteiger partial charge in [-0.25, -0.2) is 0 Å². The van der Waals surface area contributed by atoms with E-state index in [2.05, 4.69) is 5.32 Å². The third kappa shape index (κ3) is 3.27. The molecule has 5 heteroatoms. The second kappa shape index (κ2) is 5.92. The van der Waals surface area contributed by atoms with Crippen LogP contribution in [0.2, 0.25) is 5.02 Å². The number of rotatable bonds is 4. The molecule has 0 aliphatic heterocycles. The van der Waals surface area contributed by atoms with Gasteiger partial charge in [0, 0.05) is 28.9 Å². The second-order valence-corrected chi connectivity index (χ2v) is 5.10. The smallest absolute Gasteiger partial charge is 0.272 e. The van der Waals surface area contributed by atoms with Crippen LogP contribution in [-0.2, 0) is 6.54 Å². The molecule has 0 saturated carbocycles. The van der Waals surface area contributed by atoms with Crippen molar-refractivity contribution in [3.63, 3.8) is 0 Å². The van der Waals surface area contributed by atoms with E-state index >= 15 is 0 Å². The molecule has 0 spiro atoms. The molecule has 2 aromatic rings. The Morgan fingerprint density at radius 3 is 2.50 bits per heavy atom. The van der Waals surface area contributed by atoms with Gasteiger partial charge >= 0.3 is 0 Å². The Balaban J connectivity index is 2.09. The third-order valence-corrected chi connectivity index (χ3v) is 3.53. The fourth-order valence-electron chi connectivity index (χ4n) is 1.92. The SMILES string of the molecule is Cc1ccc(CNc2ccc([N+](=O)[O-])c(C)c2)cc1Cl. The molecule has 0 fully saturated rings. The highest BCUT2D eigenvalue weighted by molar-refractivity contribution is 6.31. The summed E-state index contributed by atoms with van der Waals surface area (Å²) in [5, 5.41) is 14.7. The van der Waals surface area contributed by atoms with E-state index < -0.39 is 0 Å². The van der Waals surface area contributed by atoms with Crippen LogP contribution in [0.5, 0.6) is 0 Å². The molecule has 0 radical (unpaired) electrons. The molecule has 2 aromatic carbocycles. The molecule has 0 amide bonds. The normalized spacial score (nSPS) is 10.3. The Hall–Kier alpha value is -2.07. The van der Waals surface area contributed by atoms with E-state index in [0.717, 1.165) is 21.8 Å². The first-order valence-corrected chi connectivity index (χ1v) is 6.59. The average molecular weight is 291 g/mol. The highest BCUT2D eigenvalue weighted by Gasteiger charge is 2.09. The van der Waals surface area contributed by atoms with Gasteiger partial charge < -0.3 is 5.32 Å². The second-order valence-electron chi connectivity index (χ2n) is 4.70. The number of hydrogen-bond acceptors (Lipinski definition) is 3. The summed E-state index contributed by atoms with van der Waals surface area (Å²) in [7, 11) is 0. The zero-order chi connectivity index (χ0) is 14.7. The van der Waals surface area contributed by atoms with E-state index in [4.69, 9.17) is 11.6 Å². The fourth-order valence-corrected chi connectivity index (χ4v) is 2.12. The Kier molecular flexibility index (Phi) is 4.25. The number of nitrogens with zero attached hydrogens (tertiary/aromatic N) is 1. The molecule has 4 nitrogen and oxygen atoms in total. The van der Waals surface area contributed by atoms with Crippen molar-refractivity contribution in [2.24, 2.45) is 0 Å². The molecule has 0 aliphatic carbocycles. The number of hydrogen-bond donors (Lipinski definition) is 1. The summed E-state index contributed by atoms with van der Waals surface area (Å²) in [6, 6.07) is 10.9. The Labute approximate surface area is 122 Å². The summed E-state index contributed by atoms with van der Waals surface area (Å²) >= 11 is 6.07. The number of benzene rings is 2. The van der Waals surface area contributed by atoms with Crippen LogP contribution in [0.25, 0.3) is 0 Å². The van der Waals surface area contributed by atoms with Crippen molar-refractivity contribution in [2.75, 3.05) is 5.32 Å². The molecular weight excluding hydrogens is 276 g/mol. The maximum Gasteiger partial charge on any atom is 0.272 e. The topological polar surface area (TPSA) is 55.2 Å². The van der Waals surface area contributed by atoms with Crippen molar-refractivity contribution < 1.29 is 4.92 Å². The molecule has 0 saturated heterocycles. The first-order valence-electron chi connectivity index (χ1n) is 6.21. The highest BCUT2D eigenvalue weighted by Crippen LogP contribution is 2.22. The predicted octanol–water partition coefficient (Wildman–Crippen LogP) is 4.48. The van der Waals surface area contributed by atoms with Gasteiger partial charge in [-0.2, -0.15) is 0 Å². The van der Waals surface area contributed by atoms with Crippen molar-refractivity contribution in [1.29, 1.82) is 0 Å². The van der Waals surface area contributed by atoms with Crippen molar-refractivity contribution in [2.45, 2.75) is 20.4 Å². The molecule has 104 valence electrons. The van der Waals surface area contributed by atoms with E-state index in [9.17, 15) is 10.1 Å². The van der Waals surface area contributed by atoms with Crippen LogP contribution < -0.4 is 5.32 Å². The zero-order valence-corrected chi connectivity index (χ0v) is 12.1. The van der Waals surface area contributed by atoms with E-state index in [1.54, 1.807) is 19.1 Å². The Bertz CT molecular complexity index is 656. The molecule has 0 aliphatic rings. The van der Waals surface area contributed by atoms with Crippen LogP contribution >= 0.6 is 11.6 Å². The molecule has 20 heavy (non-hydrogen) atoms. The first-order chi connectivity index (χ1) is 9.47. The number of nitrogens with one attached hydrogen (secondary N) is 1. The van der Waals surface area contributed by atoms with Gasteiger partial charge in [0.1, 0.15) is 0 Å². The quantitative estimate of drug-likeness (QED) is 0.667. The molecular formula is C15H15ClN2O2. The number of aryl methyl sites for hydroxylation is 2. The van der Waals surface area contributed by atoms with Gasteiger partial charge in [-0.1, -0.05) is 23.7 Å². The predicted molar refractivity (Wildman–Crippen MR) is 81.3 cm³/mol. The van der Waals surface area contributed by atoms with E-state index in [1.165, 1.54) is 6.07 Å². The van der Waals surface area contributed by atoms with Crippen LogP contribution in [-0.4, -0.2) is 4.92 Å². The van der Waals surface area contributed by atoms with Crippen LogP contribution in [0.4, 0.5) is 11.4 Å². The highest BCUT2D eigenvalue weighted by atomic mass is 35.5. The lowest BCUT2D eigenvalue weighted by Gasteiger charge is -2.08. The molecule has 0 bridgehead atoms. The van der Waals surface area contributed by atoms with E-state index in [1.807, 2.05) is 25.1 Å². The fraction of sp³-hybridized carbons (Fsp3) is 0.200. The minimum absolute atomic E-state index is 0.133. The van der Waals surface area contributed by atoms with Crippen molar-refractivity contribution >= 4 is 23.0 Å². The molecule has 0 heterocycles. The first kappa shape index (κ1) is 14.3. The minimum atomic E-state index is -0.376. The van der Waals surface area contributed by atoms with E-state index in [-0.39, 0.29) is 10.6 Å². The summed E-state index contributed by atoms with van der Waals surface area (Å²) in [6.07, 6.45) is 0. The van der Waals surface area contributed by atoms with Crippen LogP contribution in [0.15, 0.2) is 36.4 Å². The molecule has 0 unspecified atom stereocenters. The number of anilines is 1. The summed E-state index contributed by atoms with van der Waals surface area (Å²) < 4.78 is 0. The van der Waals surface area contributed by atoms with Crippen LogP contribution in [0, 0.1) is 24.0 Å². The monoisotopic (exact) mass is 290 g/mol. The van der Waals surface area contributed by atoms with Crippen molar-refractivity contribution in [3.8, 4) is 0 Å². The summed E-state index contributed by atoms with van der Waals surface area (Å²) in [6.45, 7) is 4.31. The van der Waals surface area contributed by atoms with Gasteiger partial charge in [0.15, 0.2) is 0 Å².